The van der Waals surface area contributed by atoms with Crippen molar-refractivity contribution in [3.05, 3.63) is 82.2 Å². The van der Waals surface area contributed by atoms with E-state index in [4.69, 9.17) is 10.2 Å². The lowest BCUT2D eigenvalue weighted by molar-refractivity contribution is 0.859. The van der Waals surface area contributed by atoms with Crippen LogP contribution in [0.5, 0.6) is 0 Å². The zero-order valence-corrected chi connectivity index (χ0v) is 19.0. The molecule has 0 spiro atoms. The van der Waals surface area contributed by atoms with Crippen LogP contribution >= 0.6 is 0 Å². The average Bonchev–Trinajstić information content (AvgIpc) is 3.29. The van der Waals surface area contributed by atoms with Gasteiger partial charge in [-0.15, -0.1) is 0 Å². The molecule has 2 aromatic heterocycles. The van der Waals surface area contributed by atoms with Gasteiger partial charge in [0.1, 0.15) is 6.98 Å². The molecule has 30 heavy (non-hydrogen) atoms. The molecular weight excluding hydrogens is 367 g/mol. The van der Waals surface area contributed by atoms with Gasteiger partial charge in [-0.25, -0.2) is 10.2 Å². The Labute approximate surface area is 179 Å². The summed E-state index contributed by atoms with van der Waals surface area (Å²) >= 11 is 0. The Balaban J connectivity index is 1.66. The van der Waals surface area contributed by atoms with Crippen molar-refractivity contribution in [3.63, 3.8) is 0 Å². The van der Waals surface area contributed by atoms with Crippen LogP contribution in [0.2, 0.25) is 6.82 Å². The van der Waals surface area contributed by atoms with Crippen molar-refractivity contribution in [1.29, 1.82) is 0 Å². The van der Waals surface area contributed by atoms with Crippen LogP contribution in [-0.4, -0.2) is 26.4 Å². The van der Waals surface area contributed by atoms with Gasteiger partial charge in [0.2, 0.25) is 0 Å². The van der Waals surface area contributed by atoms with Gasteiger partial charge in [-0.05, 0) is 88.3 Å². The number of rotatable bonds is 4. The van der Waals surface area contributed by atoms with Crippen molar-refractivity contribution >= 4 is 6.98 Å². The summed E-state index contributed by atoms with van der Waals surface area (Å²) in [5.74, 6) is 0. The zero-order valence-electron chi connectivity index (χ0n) is 19.0. The Morgan fingerprint density at radius 2 is 0.933 bits per heavy atom. The van der Waals surface area contributed by atoms with Gasteiger partial charge in [0, 0.05) is 11.1 Å². The molecule has 0 atom stereocenters. The summed E-state index contributed by atoms with van der Waals surface area (Å²) < 4.78 is 3.97. The molecule has 0 unspecified atom stereocenters. The number of hydrogen-bond acceptors (Lipinski definition) is 2. The Hall–Kier alpha value is -3.08. The van der Waals surface area contributed by atoms with Crippen molar-refractivity contribution in [2.75, 3.05) is 0 Å². The van der Waals surface area contributed by atoms with Gasteiger partial charge in [-0.1, -0.05) is 35.4 Å². The quantitative estimate of drug-likeness (QED) is 0.410. The topological polar surface area (TPSA) is 35.6 Å². The van der Waals surface area contributed by atoms with E-state index in [1.165, 1.54) is 44.5 Å². The number of nitrogens with zero attached hydrogens (tertiary/aromatic N) is 4. The molecule has 0 amide bonds. The van der Waals surface area contributed by atoms with E-state index in [0.29, 0.717) is 0 Å². The first-order valence-electron chi connectivity index (χ1n) is 10.5. The number of hydrogen-bond donors (Lipinski definition) is 0. The summed E-state index contributed by atoms with van der Waals surface area (Å²) in [4.78, 5) is 0. The Kier molecular flexibility index (Phi) is 5.14. The second kappa shape index (κ2) is 7.64. The summed E-state index contributed by atoms with van der Waals surface area (Å²) in [6.07, 6.45) is 4.09. The Bertz CT molecular complexity index is 1090. The minimum absolute atomic E-state index is 0.00961. The Morgan fingerprint density at radius 3 is 1.27 bits per heavy atom. The predicted molar refractivity (Wildman–Crippen MR) is 126 cm³/mol. The third-order valence-electron chi connectivity index (χ3n) is 5.85. The zero-order chi connectivity index (χ0) is 21.6. The SMILES string of the molecule is C[B-](n1ccc(-c2c(C)cc(C)cc2C)n1)n1ccc(-c2c(C)cc(C)cc2C)n1. The molecule has 1 radical (unpaired) electrons. The molecule has 5 heteroatoms. The van der Waals surface area contributed by atoms with Gasteiger partial charge >= 0.3 is 0 Å². The van der Waals surface area contributed by atoms with E-state index in [1.54, 1.807) is 0 Å². The minimum atomic E-state index is -0.00961. The highest BCUT2D eigenvalue weighted by molar-refractivity contribution is 6.53. The first kappa shape index (κ1) is 20.2. The van der Waals surface area contributed by atoms with E-state index in [2.05, 4.69) is 84.8 Å². The molecule has 153 valence electrons. The molecule has 0 aliphatic heterocycles. The van der Waals surface area contributed by atoms with Crippen LogP contribution in [0.3, 0.4) is 0 Å². The summed E-state index contributed by atoms with van der Waals surface area (Å²) in [6, 6.07) is 13.1. The fraction of sp³-hybridized carbons (Fsp3) is 0.280. The number of aryl methyl sites for hydroxylation is 6. The molecule has 0 N–H and O–H groups in total. The molecule has 0 saturated heterocycles. The highest BCUT2D eigenvalue weighted by Crippen LogP contribution is 2.28. The smallest absolute Gasteiger partial charge is 0.130 e. The van der Waals surface area contributed by atoms with E-state index >= 15 is 0 Å². The lowest BCUT2D eigenvalue weighted by atomic mass is 9.81. The summed E-state index contributed by atoms with van der Waals surface area (Å²) in [7, 11) is 0. The molecule has 2 heterocycles. The molecule has 0 saturated carbocycles. The fourth-order valence-corrected chi connectivity index (χ4v) is 4.65. The van der Waals surface area contributed by atoms with Crippen molar-refractivity contribution < 1.29 is 0 Å². The van der Waals surface area contributed by atoms with Gasteiger partial charge < -0.3 is 9.19 Å². The standard InChI is InChI=1S/C25H29BN4/c1-16-12-18(3)24(19(4)13-16)22-8-10-29(27-22)26(7)30-11-9-23(28-30)25-20(5)14-17(2)15-21(25)6/h8-15H,1-7H3/q-1. The molecule has 0 bridgehead atoms. The number of benzene rings is 2. The van der Waals surface area contributed by atoms with Crippen molar-refractivity contribution in [2.45, 2.75) is 48.4 Å². The summed E-state index contributed by atoms with van der Waals surface area (Å²) in [5, 5.41) is 9.79. The summed E-state index contributed by atoms with van der Waals surface area (Å²) in [6.45, 7) is 15.0. The van der Waals surface area contributed by atoms with Crippen LogP contribution < -0.4 is 0 Å². The maximum atomic E-state index is 4.89. The number of aromatic nitrogens is 4. The second-order valence-corrected chi connectivity index (χ2v) is 8.54. The molecule has 0 aliphatic carbocycles. The van der Waals surface area contributed by atoms with Gasteiger partial charge in [0.25, 0.3) is 0 Å². The third kappa shape index (κ3) is 3.60. The molecular formula is C25H29BN4-. The average molecular weight is 396 g/mol. The monoisotopic (exact) mass is 396 g/mol. The molecule has 4 aromatic rings. The largest absolute Gasteiger partial charge is 0.452 e. The highest BCUT2D eigenvalue weighted by atomic mass is 15.3. The third-order valence-corrected chi connectivity index (χ3v) is 5.85. The normalized spacial score (nSPS) is 11.5. The lowest BCUT2D eigenvalue weighted by Gasteiger charge is -2.24. The molecule has 4 nitrogen and oxygen atoms in total. The van der Waals surface area contributed by atoms with Crippen LogP contribution in [0.25, 0.3) is 22.5 Å². The first-order valence-corrected chi connectivity index (χ1v) is 10.5. The first-order chi connectivity index (χ1) is 14.2. The molecule has 0 aliphatic rings. The van der Waals surface area contributed by atoms with Gasteiger partial charge in [-0.3, -0.25) is 0 Å². The van der Waals surface area contributed by atoms with E-state index in [1.807, 2.05) is 21.6 Å². The van der Waals surface area contributed by atoms with Gasteiger partial charge in [0.15, 0.2) is 0 Å². The Morgan fingerprint density at radius 1 is 0.600 bits per heavy atom. The minimum Gasteiger partial charge on any atom is -0.452 e. The van der Waals surface area contributed by atoms with Crippen LogP contribution in [0.15, 0.2) is 48.8 Å². The summed E-state index contributed by atoms with van der Waals surface area (Å²) in [5.41, 5.74) is 12.1. The fourth-order valence-electron chi connectivity index (χ4n) is 4.65. The predicted octanol–water partition coefficient (Wildman–Crippen LogP) is 5.78. The molecule has 0 fully saturated rings. The maximum Gasteiger partial charge on any atom is 0.130 e. The van der Waals surface area contributed by atoms with Crippen molar-refractivity contribution in [2.24, 2.45) is 0 Å². The molecule has 4 rings (SSSR count). The van der Waals surface area contributed by atoms with Gasteiger partial charge in [-0.2, -0.15) is 6.82 Å². The van der Waals surface area contributed by atoms with Crippen molar-refractivity contribution in [3.8, 4) is 22.5 Å². The highest BCUT2D eigenvalue weighted by Gasteiger charge is 2.12. The maximum absolute atomic E-state index is 4.89. The van der Waals surface area contributed by atoms with Crippen LogP contribution in [-0.2, 0) is 0 Å². The van der Waals surface area contributed by atoms with Crippen molar-refractivity contribution in [1.82, 2.24) is 19.4 Å². The van der Waals surface area contributed by atoms with E-state index in [0.717, 1.165) is 11.4 Å². The van der Waals surface area contributed by atoms with E-state index in [9.17, 15) is 0 Å². The van der Waals surface area contributed by atoms with Gasteiger partial charge in [0.05, 0.1) is 11.4 Å². The van der Waals surface area contributed by atoms with Crippen LogP contribution in [0, 0.1) is 41.5 Å². The van der Waals surface area contributed by atoms with Crippen LogP contribution in [0.4, 0.5) is 0 Å². The van der Waals surface area contributed by atoms with E-state index in [-0.39, 0.29) is 6.98 Å². The van der Waals surface area contributed by atoms with E-state index < -0.39 is 0 Å². The molecule has 2 aromatic carbocycles. The second-order valence-electron chi connectivity index (χ2n) is 8.54. The lowest BCUT2D eigenvalue weighted by Crippen LogP contribution is -2.31. The van der Waals surface area contributed by atoms with Crippen LogP contribution in [0.1, 0.15) is 33.4 Å².